The van der Waals surface area contributed by atoms with Crippen molar-refractivity contribution in [1.82, 2.24) is 5.32 Å². The summed E-state index contributed by atoms with van der Waals surface area (Å²) in [7, 11) is 0. The molecule has 0 bridgehead atoms. The molecule has 2 aromatic carbocycles. The van der Waals surface area contributed by atoms with Crippen molar-refractivity contribution in [2.24, 2.45) is 0 Å². The minimum Gasteiger partial charge on any atom is -0.492 e. The number of ether oxygens (including phenoxy) is 1. The number of rotatable bonds is 7. The number of carbonyl (C=O) groups excluding carboxylic acids is 1. The van der Waals surface area contributed by atoms with Crippen LogP contribution in [0.4, 0.5) is 5.69 Å². The minimum atomic E-state index is -0.0464. The van der Waals surface area contributed by atoms with E-state index in [2.05, 4.69) is 10.6 Å². The molecule has 2 N–H and O–H groups in total. The fourth-order valence-corrected chi connectivity index (χ4v) is 1.89. The molecule has 0 fully saturated rings. The number of amides is 1. The molecule has 0 atom stereocenters. The highest BCUT2D eigenvalue weighted by molar-refractivity contribution is 5.80. The summed E-state index contributed by atoms with van der Waals surface area (Å²) in [5.41, 5.74) is 2.10. The van der Waals surface area contributed by atoms with Crippen molar-refractivity contribution < 1.29 is 9.53 Å². The van der Waals surface area contributed by atoms with Gasteiger partial charge in [0.1, 0.15) is 12.4 Å². The highest BCUT2D eigenvalue weighted by Gasteiger charge is 2.02. The number of hydrogen-bond donors (Lipinski definition) is 2. The van der Waals surface area contributed by atoms with Gasteiger partial charge in [-0.25, -0.2) is 0 Å². The van der Waals surface area contributed by atoms with Crippen LogP contribution in [-0.4, -0.2) is 25.6 Å². The molecule has 110 valence electrons. The maximum absolute atomic E-state index is 11.7. The van der Waals surface area contributed by atoms with Gasteiger partial charge in [0.15, 0.2) is 0 Å². The number of carbonyl (C=O) groups is 1. The molecule has 0 aliphatic carbocycles. The zero-order valence-electron chi connectivity index (χ0n) is 12.1. The second-order valence-corrected chi connectivity index (χ2v) is 4.68. The van der Waals surface area contributed by atoms with Gasteiger partial charge in [0.2, 0.25) is 5.91 Å². The molecule has 0 saturated heterocycles. The van der Waals surface area contributed by atoms with E-state index in [0.29, 0.717) is 13.2 Å². The Bertz CT molecular complexity index is 570. The Kier molecular flexibility index (Phi) is 5.64. The monoisotopic (exact) mass is 284 g/mol. The third kappa shape index (κ3) is 5.18. The molecule has 4 heteroatoms. The van der Waals surface area contributed by atoms with Gasteiger partial charge in [0.05, 0.1) is 13.1 Å². The predicted octanol–water partition coefficient (Wildman–Crippen LogP) is 2.60. The maximum atomic E-state index is 11.7. The largest absolute Gasteiger partial charge is 0.492 e. The molecule has 0 spiro atoms. The van der Waals surface area contributed by atoms with Crippen LogP contribution in [-0.2, 0) is 4.79 Å². The lowest BCUT2D eigenvalue weighted by molar-refractivity contribution is -0.119. The van der Waals surface area contributed by atoms with Crippen LogP contribution < -0.4 is 15.4 Å². The molecule has 21 heavy (non-hydrogen) atoms. The van der Waals surface area contributed by atoms with Crippen molar-refractivity contribution in [2.45, 2.75) is 6.92 Å². The van der Waals surface area contributed by atoms with E-state index in [0.717, 1.165) is 17.0 Å². The summed E-state index contributed by atoms with van der Waals surface area (Å²) in [5, 5.41) is 5.93. The number of benzene rings is 2. The number of nitrogens with one attached hydrogen (secondary N) is 2. The highest BCUT2D eigenvalue weighted by atomic mass is 16.5. The van der Waals surface area contributed by atoms with Crippen LogP contribution >= 0.6 is 0 Å². The molecular weight excluding hydrogens is 264 g/mol. The molecular formula is C17H20N2O2. The Morgan fingerprint density at radius 3 is 2.52 bits per heavy atom. The van der Waals surface area contributed by atoms with Gasteiger partial charge in [0, 0.05) is 5.69 Å². The number of anilines is 1. The van der Waals surface area contributed by atoms with E-state index in [4.69, 9.17) is 4.74 Å². The van der Waals surface area contributed by atoms with Gasteiger partial charge in [-0.15, -0.1) is 0 Å². The van der Waals surface area contributed by atoms with Gasteiger partial charge in [0.25, 0.3) is 0 Å². The molecule has 4 nitrogen and oxygen atoms in total. The Balaban J connectivity index is 1.63. The van der Waals surface area contributed by atoms with Crippen LogP contribution in [0.1, 0.15) is 5.56 Å². The number of hydrogen-bond acceptors (Lipinski definition) is 3. The molecule has 2 rings (SSSR count). The number of para-hydroxylation sites is 2. The Hall–Kier alpha value is -2.49. The average molecular weight is 284 g/mol. The standard InChI is InChI=1S/C17H20N2O2/c1-14-7-5-6-10-16(14)19-13-17(20)18-11-12-21-15-8-3-2-4-9-15/h2-10,19H,11-13H2,1H3,(H,18,20). The summed E-state index contributed by atoms with van der Waals surface area (Å²) in [6.45, 7) is 3.22. The molecule has 0 aliphatic heterocycles. The highest BCUT2D eigenvalue weighted by Crippen LogP contribution is 2.12. The molecule has 0 aromatic heterocycles. The van der Waals surface area contributed by atoms with E-state index in [1.807, 2.05) is 61.5 Å². The summed E-state index contributed by atoms with van der Waals surface area (Å²) in [5.74, 6) is 0.764. The SMILES string of the molecule is Cc1ccccc1NCC(=O)NCCOc1ccccc1. The van der Waals surface area contributed by atoms with Crippen molar-refractivity contribution in [3.8, 4) is 5.75 Å². The third-order valence-corrected chi connectivity index (χ3v) is 3.02. The van der Waals surface area contributed by atoms with E-state index in [1.165, 1.54) is 0 Å². The summed E-state index contributed by atoms with van der Waals surface area (Å²) < 4.78 is 5.50. The van der Waals surface area contributed by atoms with Crippen LogP contribution in [0.3, 0.4) is 0 Å². The lowest BCUT2D eigenvalue weighted by Crippen LogP contribution is -2.33. The van der Waals surface area contributed by atoms with Gasteiger partial charge in [-0.05, 0) is 30.7 Å². The van der Waals surface area contributed by atoms with Crippen molar-refractivity contribution in [2.75, 3.05) is 25.0 Å². The molecule has 0 unspecified atom stereocenters. The first-order valence-corrected chi connectivity index (χ1v) is 7.00. The van der Waals surface area contributed by atoms with Crippen LogP contribution in [0.5, 0.6) is 5.75 Å². The Labute approximate surface area is 125 Å². The second-order valence-electron chi connectivity index (χ2n) is 4.68. The van der Waals surface area contributed by atoms with Crippen molar-refractivity contribution in [3.63, 3.8) is 0 Å². The fourth-order valence-electron chi connectivity index (χ4n) is 1.89. The molecule has 0 saturated carbocycles. The van der Waals surface area contributed by atoms with Gasteiger partial charge in [-0.2, -0.15) is 0 Å². The van der Waals surface area contributed by atoms with Gasteiger partial charge in [-0.3, -0.25) is 4.79 Å². The number of aryl methyl sites for hydroxylation is 1. The van der Waals surface area contributed by atoms with Gasteiger partial charge < -0.3 is 15.4 Å². The normalized spacial score (nSPS) is 9.95. The lowest BCUT2D eigenvalue weighted by Gasteiger charge is -2.10. The first-order valence-electron chi connectivity index (χ1n) is 7.00. The Morgan fingerprint density at radius 1 is 1.05 bits per heavy atom. The topological polar surface area (TPSA) is 50.4 Å². The fraction of sp³-hybridized carbons (Fsp3) is 0.235. The van der Waals surface area contributed by atoms with E-state index >= 15 is 0 Å². The zero-order valence-corrected chi connectivity index (χ0v) is 12.1. The average Bonchev–Trinajstić information content (AvgIpc) is 2.52. The lowest BCUT2D eigenvalue weighted by atomic mass is 10.2. The summed E-state index contributed by atoms with van der Waals surface area (Å²) in [6, 6.07) is 17.4. The molecule has 0 aliphatic rings. The van der Waals surface area contributed by atoms with E-state index in [9.17, 15) is 4.79 Å². The van der Waals surface area contributed by atoms with Crippen molar-refractivity contribution in [3.05, 3.63) is 60.2 Å². The molecule has 2 aromatic rings. The second kappa shape index (κ2) is 7.94. The molecule has 0 radical (unpaired) electrons. The van der Waals surface area contributed by atoms with Gasteiger partial charge >= 0.3 is 0 Å². The minimum absolute atomic E-state index is 0.0464. The summed E-state index contributed by atoms with van der Waals surface area (Å²) in [4.78, 5) is 11.7. The first kappa shape index (κ1) is 14.9. The van der Waals surface area contributed by atoms with Crippen molar-refractivity contribution >= 4 is 11.6 Å². The molecule has 1 amide bonds. The van der Waals surface area contributed by atoms with E-state index in [-0.39, 0.29) is 12.5 Å². The van der Waals surface area contributed by atoms with Crippen LogP contribution in [0.2, 0.25) is 0 Å². The Morgan fingerprint density at radius 2 is 1.76 bits per heavy atom. The van der Waals surface area contributed by atoms with Crippen LogP contribution in [0.25, 0.3) is 0 Å². The summed E-state index contributed by atoms with van der Waals surface area (Å²) >= 11 is 0. The molecule has 0 heterocycles. The predicted molar refractivity (Wildman–Crippen MR) is 84.6 cm³/mol. The quantitative estimate of drug-likeness (QED) is 0.768. The van der Waals surface area contributed by atoms with Crippen LogP contribution in [0, 0.1) is 6.92 Å². The first-order chi connectivity index (χ1) is 10.3. The maximum Gasteiger partial charge on any atom is 0.239 e. The summed E-state index contributed by atoms with van der Waals surface area (Å²) in [6.07, 6.45) is 0. The smallest absolute Gasteiger partial charge is 0.239 e. The van der Waals surface area contributed by atoms with Crippen LogP contribution in [0.15, 0.2) is 54.6 Å². The van der Waals surface area contributed by atoms with E-state index < -0.39 is 0 Å². The zero-order chi connectivity index (χ0) is 14.9. The van der Waals surface area contributed by atoms with Gasteiger partial charge in [-0.1, -0.05) is 36.4 Å². The third-order valence-electron chi connectivity index (χ3n) is 3.02. The van der Waals surface area contributed by atoms with E-state index in [1.54, 1.807) is 0 Å². The van der Waals surface area contributed by atoms with Crippen molar-refractivity contribution in [1.29, 1.82) is 0 Å².